The van der Waals surface area contributed by atoms with E-state index in [-0.39, 0.29) is 0 Å². The van der Waals surface area contributed by atoms with Gasteiger partial charge in [0.05, 0.1) is 9.21 Å². The molecular weight excluding hydrogens is 264 g/mol. The summed E-state index contributed by atoms with van der Waals surface area (Å²) in [7, 11) is 0. The Balaban J connectivity index is 2.43. The fourth-order valence-electron chi connectivity index (χ4n) is 0.734. The summed E-state index contributed by atoms with van der Waals surface area (Å²) in [5.74, 6) is 0.485. The molecule has 6 heteroatoms. The molecule has 0 aliphatic rings. The molecule has 0 aliphatic carbocycles. The number of rotatable bonds is 1. The second-order valence-corrected chi connectivity index (χ2v) is 4.36. The fraction of sp³-hybridized carbons (Fsp3) is 0. The summed E-state index contributed by atoms with van der Waals surface area (Å²) in [6.07, 6.45) is 0. The zero-order chi connectivity index (χ0) is 8.55. The molecule has 3 nitrogen and oxygen atoms in total. The normalized spacial score (nSPS) is 10.5. The second kappa shape index (κ2) is 3.16. The van der Waals surface area contributed by atoms with Crippen molar-refractivity contribution in [3.63, 3.8) is 0 Å². The van der Waals surface area contributed by atoms with Crippen molar-refractivity contribution in [2.75, 3.05) is 0 Å². The van der Waals surface area contributed by atoms with Crippen molar-refractivity contribution < 1.29 is 4.42 Å². The smallest absolute Gasteiger partial charge is 0.285 e. The summed E-state index contributed by atoms with van der Waals surface area (Å²) >= 11 is 10.2. The first kappa shape index (κ1) is 8.22. The van der Waals surface area contributed by atoms with Gasteiger partial charge in [-0.15, -0.1) is 21.5 Å². The largest absolute Gasteiger partial charge is 0.410 e. The summed E-state index contributed by atoms with van der Waals surface area (Å²) in [4.78, 5) is 1.25. The Bertz CT molecular complexity index is 361. The maximum atomic E-state index is 5.73. The molecular formula is C6H2BrClN2OS. The van der Waals surface area contributed by atoms with Gasteiger partial charge in [0.25, 0.3) is 10.7 Å². The third-order valence-electron chi connectivity index (χ3n) is 1.18. The van der Waals surface area contributed by atoms with Crippen LogP contribution < -0.4 is 0 Å². The van der Waals surface area contributed by atoms with Gasteiger partial charge in [0.2, 0.25) is 0 Å². The quantitative estimate of drug-likeness (QED) is 0.795. The first-order chi connectivity index (χ1) is 5.75. The first-order valence-corrected chi connectivity index (χ1v) is 4.99. The summed E-state index contributed by atoms with van der Waals surface area (Å²) < 4.78 is 5.84. The topological polar surface area (TPSA) is 38.9 Å². The van der Waals surface area contributed by atoms with E-state index in [0.717, 1.165) is 4.88 Å². The van der Waals surface area contributed by atoms with Crippen LogP contribution >= 0.6 is 38.9 Å². The van der Waals surface area contributed by atoms with Crippen molar-refractivity contribution in [3.05, 3.63) is 21.3 Å². The summed E-state index contributed by atoms with van der Waals surface area (Å²) in [6.45, 7) is 0. The van der Waals surface area contributed by atoms with Gasteiger partial charge >= 0.3 is 0 Å². The molecule has 0 bridgehead atoms. The molecule has 0 atom stereocenters. The van der Waals surface area contributed by atoms with Crippen molar-refractivity contribution in [1.29, 1.82) is 0 Å². The van der Waals surface area contributed by atoms with Gasteiger partial charge < -0.3 is 4.42 Å². The number of thiophene rings is 1. The maximum absolute atomic E-state index is 5.73. The highest BCUT2D eigenvalue weighted by Crippen LogP contribution is 2.30. The lowest BCUT2D eigenvalue weighted by molar-refractivity contribution is 0.541. The molecule has 0 aromatic carbocycles. The minimum Gasteiger partial charge on any atom is -0.410 e. The first-order valence-electron chi connectivity index (χ1n) is 3.00. The molecule has 0 radical (unpaired) electrons. The average Bonchev–Trinajstić information content (AvgIpc) is 2.58. The molecule has 0 N–H and O–H groups in total. The Morgan fingerprint density at radius 1 is 1.42 bits per heavy atom. The van der Waals surface area contributed by atoms with Crippen LogP contribution in [-0.4, -0.2) is 10.2 Å². The molecule has 62 valence electrons. The van der Waals surface area contributed by atoms with E-state index in [2.05, 4.69) is 26.1 Å². The zero-order valence-electron chi connectivity index (χ0n) is 5.62. The van der Waals surface area contributed by atoms with Gasteiger partial charge in [0.15, 0.2) is 0 Å². The van der Waals surface area contributed by atoms with Crippen molar-refractivity contribution in [2.24, 2.45) is 0 Å². The van der Waals surface area contributed by atoms with Crippen LogP contribution in [0, 0.1) is 0 Å². The zero-order valence-corrected chi connectivity index (χ0v) is 8.78. The molecule has 12 heavy (non-hydrogen) atoms. The molecule has 2 aromatic heterocycles. The summed E-state index contributed by atoms with van der Waals surface area (Å²) in [6, 6.07) is 3.63. The van der Waals surface area contributed by atoms with E-state index in [0.29, 0.717) is 15.0 Å². The van der Waals surface area contributed by atoms with Gasteiger partial charge in [-0.05, 0) is 12.1 Å². The Hall–Kier alpha value is -0.390. The molecule has 0 unspecified atom stereocenters. The van der Waals surface area contributed by atoms with Crippen molar-refractivity contribution >= 4 is 38.9 Å². The van der Waals surface area contributed by atoms with Gasteiger partial charge in [0.1, 0.15) is 0 Å². The molecule has 0 saturated carbocycles. The molecule has 0 saturated heterocycles. The molecule has 0 amide bonds. The molecule has 0 spiro atoms. The van der Waals surface area contributed by atoms with Gasteiger partial charge in [-0.3, -0.25) is 0 Å². The van der Waals surface area contributed by atoms with Gasteiger partial charge in [0, 0.05) is 15.9 Å². The van der Waals surface area contributed by atoms with Crippen LogP contribution in [0.2, 0.25) is 4.34 Å². The maximum Gasteiger partial charge on any atom is 0.285 e. The lowest BCUT2D eigenvalue weighted by atomic mass is 10.5. The van der Waals surface area contributed by atoms with Gasteiger partial charge in [-0.1, -0.05) is 11.6 Å². The molecule has 0 aliphatic heterocycles. The second-order valence-electron chi connectivity index (χ2n) is 1.96. The highest BCUT2D eigenvalue weighted by Gasteiger charge is 2.08. The van der Waals surface area contributed by atoms with Crippen LogP contribution in [0.4, 0.5) is 0 Å². The van der Waals surface area contributed by atoms with E-state index in [4.69, 9.17) is 16.0 Å². The van der Waals surface area contributed by atoms with E-state index in [1.807, 2.05) is 6.07 Å². The monoisotopic (exact) mass is 264 g/mol. The minimum atomic E-state index is 0.377. The van der Waals surface area contributed by atoms with E-state index >= 15 is 0 Å². The molecule has 0 fully saturated rings. The Morgan fingerprint density at radius 3 is 2.75 bits per heavy atom. The average molecular weight is 266 g/mol. The van der Waals surface area contributed by atoms with Crippen LogP contribution in [-0.2, 0) is 0 Å². The lowest BCUT2D eigenvalue weighted by Gasteiger charge is -1.82. The van der Waals surface area contributed by atoms with Crippen LogP contribution in [0.1, 0.15) is 0 Å². The molecule has 2 heterocycles. The third-order valence-corrected chi connectivity index (χ3v) is 2.72. The summed E-state index contributed by atoms with van der Waals surface area (Å²) in [5, 5.41) is 7.45. The Morgan fingerprint density at radius 2 is 2.25 bits per heavy atom. The number of hydrogen-bond donors (Lipinski definition) is 0. The lowest BCUT2D eigenvalue weighted by Crippen LogP contribution is -1.69. The van der Waals surface area contributed by atoms with Gasteiger partial charge in [-0.25, -0.2) is 0 Å². The number of halogens is 2. The highest BCUT2D eigenvalue weighted by molar-refractivity contribution is 9.10. The van der Waals surface area contributed by atoms with Crippen LogP contribution in [0.25, 0.3) is 10.8 Å². The molecule has 2 rings (SSSR count). The van der Waals surface area contributed by atoms with Crippen molar-refractivity contribution in [1.82, 2.24) is 10.2 Å². The Kier molecular flexibility index (Phi) is 2.16. The third kappa shape index (κ3) is 1.53. The van der Waals surface area contributed by atoms with Crippen molar-refractivity contribution in [3.8, 4) is 10.8 Å². The highest BCUT2D eigenvalue weighted by atomic mass is 79.9. The van der Waals surface area contributed by atoms with Crippen LogP contribution in [0.15, 0.2) is 21.3 Å². The summed E-state index contributed by atoms with van der Waals surface area (Å²) in [5.41, 5.74) is 0. The minimum absolute atomic E-state index is 0.377. The number of nitrogens with zero attached hydrogens (tertiary/aromatic N) is 2. The fourth-order valence-corrected chi connectivity index (χ4v) is 1.93. The SMILES string of the molecule is Clc1ccc(-c2nnc(Br)o2)s1. The predicted octanol–water partition coefficient (Wildman–Crippen LogP) is 3.21. The van der Waals surface area contributed by atoms with Crippen molar-refractivity contribution in [2.45, 2.75) is 0 Å². The van der Waals surface area contributed by atoms with E-state index in [1.165, 1.54) is 11.3 Å². The Labute approximate surface area is 85.5 Å². The van der Waals surface area contributed by atoms with E-state index in [1.54, 1.807) is 6.07 Å². The van der Waals surface area contributed by atoms with Crippen LogP contribution in [0.5, 0.6) is 0 Å². The van der Waals surface area contributed by atoms with Crippen LogP contribution in [0.3, 0.4) is 0 Å². The van der Waals surface area contributed by atoms with E-state index in [9.17, 15) is 0 Å². The standard InChI is InChI=1S/C6H2BrClN2OS/c7-6-10-9-5(11-6)3-1-2-4(8)12-3/h1-2H. The number of hydrogen-bond acceptors (Lipinski definition) is 4. The van der Waals surface area contributed by atoms with E-state index < -0.39 is 0 Å². The van der Waals surface area contributed by atoms with Gasteiger partial charge in [-0.2, -0.15) is 0 Å². The predicted molar refractivity (Wildman–Crippen MR) is 50.3 cm³/mol. The molecule has 2 aromatic rings. The number of aromatic nitrogens is 2.